The third-order valence-corrected chi connectivity index (χ3v) is 5.19. The van der Waals surface area contributed by atoms with Gasteiger partial charge in [-0.2, -0.15) is 0 Å². The lowest BCUT2D eigenvalue weighted by Gasteiger charge is -2.33. The topological polar surface area (TPSA) is 116 Å². The Morgan fingerprint density at radius 1 is 1.10 bits per heavy atom. The van der Waals surface area contributed by atoms with Crippen molar-refractivity contribution in [2.24, 2.45) is 5.73 Å². The fourth-order valence-corrected chi connectivity index (χ4v) is 3.35. The van der Waals surface area contributed by atoms with Crippen LogP contribution in [0.3, 0.4) is 0 Å². The van der Waals surface area contributed by atoms with Gasteiger partial charge in [0.05, 0.1) is 18.2 Å². The molecule has 0 aromatic heterocycles. The summed E-state index contributed by atoms with van der Waals surface area (Å²) in [6, 6.07) is 12.6. The third-order valence-electron chi connectivity index (χ3n) is 5.19. The van der Waals surface area contributed by atoms with Crippen molar-refractivity contribution in [2.45, 2.75) is 19.4 Å². The van der Waals surface area contributed by atoms with Gasteiger partial charge in [0.15, 0.2) is 0 Å². The van der Waals surface area contributed by atoms with Gasteiger partial charge in [0.2, 0.25) is 11.8 Å². The zero-order chi connectivity index (χ0) is 21.7. The highest BCUT2D eigenvalue weighted by Gasteiger charge is 2.24. The van der Waals surface area contributed by atoms with Crippen LogP contribution in [0.5, 0.6) is 0 Å². The van der Waals surface area contributed by atoms with Gasteiger partial charge in [-0.3, -0.25) is 14.5 Å². The van der Waals surface area contributed by atoms with Crippen molar-refractivity contribution in [1.82, 2.24) is 4.90 Å². The summed E-state index contributed by atoms with van der Waals surface area (Å²) in [7, 11) is 0. The highest BCUT2D eigenvalue weighted by atomic mass is 16.4. The minimum Gasteiger partial charge on any atom is -0.478 e. The number of anilines is 2. The fraction of sp³-hybridized carbons (Fsp3) is 0.318. The van der Waals surface area contributed by atoms with Gasteiger partial charge in [-0.25, -0.2) is 4.79 Å². The average Bonchev–Trinajstić information content (AvgIpc) is 2.74. The largest absolute Gasteiger partial charge is 0.478 e. The predicted molar refractivity (Wildman–Crippen MR) is 115 cm³/mol. The van der Waals surface area contributed by atoms with E-state index in [-0.39, 0.29) is 17.4 Å². The van der Waals surface area contributed by atoms with Crippen molar-refractivity contribution in [2.75, 3.05) is 36.4 Å². The number of hydrogen-bond acceptors (Lipinski definition) is 5. The molecule has 158 valence electrons. The van der Waals surface area contributed by atoms with Crippen molar-refractivity contribution < 1.29 is 19.5 Å². The van der Waals surface area contributed by atoms with Crippen molar-refractivity contribution in [1.29, 1.82) is 0 Å². The van der Waals surface area contributed by atoms with Crippen LogP contribution in [-0.2, 0) is 16.0 Å². The number of amides is 2. The van der Waals surface area contributed by atoms with E-state index in [0.717, 1.165) is 24.3 Å². The smallest absolute Gasteiger partial charge is 0.335 e. The maximum absolute atomic E-state index is 12.3. The zero-order valence-corrected chi connectivity index (χ0v) is 16.9. The van der Waals surface area contributed by atoms with Gasteiger partial charge in [-0.1, -0.05) is 19.1 Å². The van der Waals surface area contributed by atoms with Crippen LogP contribution in [-0.4, -0.2) is 60.0 Å². The number of carbonyl (C=O) groups is 3. The van der Waals surface area contributed by atoms with Crippen molar-refractivity contribution in [3.05, 3.63) is 59.7 Å². The Morgan fingerprint density at radius 2 is 1.77 bits per heavy atom. The summed E-state index contributed by atoms with van der Waals surface area (Å²) >= 11 is 0. The molecule has 1 saturated heterocycles. The van der Waals surface area contributed by atoms with E-state index in [1.807, 2.05) is 31.2 Å². The van der Waals surface area contributed by atoms with Crippen molar-refractivity contribution in [3.63, 3.8) is 0 Å². The minimum atomic E-state index is -1.03. The molecule has 1 aliphatic rings. The van der Waals surface area contributed by atoms with E-state index in [4.69, 9.17) is 10.8 Å². The van der Waals surface area contributed by atoms with E-state index in [2.05, 4.69) is 10.2 Å². The molecule has 1 fully saturated rings. The first-order valence-electron chi connectivity index (χ1n) is 9.89. The predicted octanol–water partition coefficient (Wildman–Crippen LogP) is 1.56. The first-order valence-corrected chi connectivity index (χ1v) is 9.89. The van der Waals surface area contributed by atoms with E-state index in [1.54, 1.807) is 4.90 Å². The standard InChI is InChI=1S/C22H26N4O4/c1-2-25-11-12-26(20(27)14-25)18-9-3-15(4-10-18)13-19(23)21(28)24-17-7-5-16(6-8-17)22(29)30/h3-10,19H,2,11-14,23H2,1H3,(H,24,28)(H,29,30)/t19-/m0/s1. The lowest BCUT2D eigenvalue weighted by atomic mass is 10.0. The number of rotatable bonds is 7. The molecule has 2 aromatic carbocycles. The van der Waals surface area contributed by atoms with Crippen molar-refractivity contribution >= 4 is 29.2 Å². The molecule has 1 aliphatic heterocycles. The van der Waals surface area contributed by atoms with E-state index in [9.17, 15) is 14.4 Å². The normalized spacial score (nSPS) is 15.7. The van der Waals surface area contributed by atoms with Crippen LogP contribution >= 0.6 is 0 Å². The van der Waals surface area contributed by atoms with Crippen LogP contribution in [0.4, 0.5) is 11.4 Å². The first kappa shape index (κ1) is 21.5. The summed E-state index contributed by atoms with van der Waals surface area (Å²) in [4.78, 5) is 39.4. The number of carboxylic acids is 1. The number of nitrogens with one attached hydrogen (secondary N) is 1. The SMILES string of the molecule is CCN1CCN(c2ccc(C[C@H](N)C(=O)Nc3ccc(C(=O)O)cc3)cc2)C(=O)C1. The molecule has 0 bridgehead atoms. The Balaban J connectivity index is 1.56. The molecule has 0 radical (unpaired) electrons. The van der Waals surface area contributed by atoms with Crippen LogP contribution in [0.2, 0.25) is 0 Å². The third kappa shape index (κ3) is 5.22. The van der Waals surface area contributed by atoms with Gasteiger partial charge in [0.25, 0.3) is 0 Å². The molecule has 30 heavy (non-hydrogen) atoms. The molecule has 2 aromatic rings. The van der Waals surface area contributed by atoms with Gasteiger partial charge >= 0.3 is 5.97 Å². The van der Waals surface area contributed by atoms with E-state index in [0.29, 0.717) is 25.2 Å². The first-order chi connectivity index (χ1) is 14.4. The van der Waals surface area contributed by atoms with Gasteiger partial charge in [-0.05, 0) is 54.9 Å². The number of likely N-dealkylation sites (N-methyl/N-ethyl adjacent to an activating group) is 1. The van der Waals surface area contributed by atoms with E-state index in [1.165, 1.54) is 24.3 Å². The number of hydrogen-bond donors (Lipinski definition) is 3. The molecule has 1 atom stereocenters. The van der Waals surface area contributed by atoms with Gasteiger partial charge < -0.3 is 21.1 Å². The Bertz CT molecular complexity index is 912. The van der Waals surface area contributed by atoms with Gasteiger partial charge in [-0.15, -0.1) is 0 Å². The van der Waals surface area contributed by atoms with Crippen LogP contribution in [0.15, 0.2) is 48.5 Å². The van der Waals surface area contributed by atoms with Crippen LogP contribution < -0.4 is 16.0 Å². The zero-order valence-electron chi connectivity index (χ0n) is 16.9. The van der Waals surface area contributed by atoms with Crippen LogP contribution in [0, 0.1) is 0 Å². The number of carboxylic acid groups (broad SMARTS) is 1. The minimum absolute atomic E-state index is 0.0841. The number of nitrogens with two attached hydrogens (primary N) is 1. The molecule has 4 N–H and O–H groups in total. The lowest BCUT2D eigenvalue weighted by Crippen LogP contribution is -2.50. The maximum Gasteiger partial charge on any atom is 0.335 e. The van der Waals surface area contributed by atoms with E-state index >= 15 is 0 Å². The molecule has 0 saturated carbocycles. The second-order valence-corrected chi connectivity index (χ2v) is 7.26. The molecule has 8 nitrogen and oxygen atoms in total. The van der Waals surface area contributed by atoms with E-state index < -0.39 is 12.0 Å². The summed E-state index contributed by atoms with van der Waals surface area (Å²) < 4.78 is 0. The molecular formula is C22H26N4O4. The Labute approximate surface area is 175 Å². The summed E-state index contributed by atoms with van der Waals surface area (Å²) in [5, 5.41) is 11.6. The molecule has 3 rings (SSSR count). The molecule has 1 heterocycles. The Morgan fingerprint density at radius 3 is 2.33 bits per heavy atom. The quantitative estimate of drug-likeness (QED) is 0.638. The fourth-order valence-electron chi connectivity index (χ4n) is 3.35. The highest BCUT2D eigenvalue weighted by molar-refractivity contribution is 5.96. The number of benzene rings is 2. The second kappa shape index (κ2) is 9.51. The second-order valence-electron chi connectivity index (χ2n) is 7.26. The average molecular weight is 410 g/mol. The molecule has 8 heteroatoms. The Kier molecular flexibility index (Phi) is 6.81. The number of carbonyl (C=O) groups excluding carboxylic acids is 2. The monoisotopic (exact) mass is 410 g/mol. The summed E-state index contributed by atoms with van der Waals surface area (Å²) in [5.41, 5.74) is 8.40. The molecule has 0 spiro atoms. The molecule has 0 unspecified atom stereocenters. The molecular weight excluding hydrogens is 384 g/mol. The lowest BCUT2D eigenvalue weighted by molar-refractivity contribution is -0.121. The number of aromatic carboxylic acids is 1. The highest BCUT2D eigenvalue weighted by Crippen LogP contribution is 2.19. The van der Waals surface area contributed by atoms with Gasteiger partial charge in [0.1, 0.15) is 0 Å². The molecule has 2 amide bonds. The number of piperazine rings is 1. The van der Waals surface area contributed by atoms with Gasteiger partial charge in [0, 0.05) is 24.5 Å². The Hall–Kier alpha value is -3.23. The summed E-state index contributed by atoms with van der Waals surface area (Å²) in [5.74, 6) is -1.30. The summed E-state index contributed by atoms with van der Waals surface area (Å²) in [6.45, 7) is 4.85. The van der Waals surface area contributed by atoms with Crippen LogP contribution in [0.1, 0.15) is 22.8 Å². The van der Waals surface area contributed by atoms with Crippen LogP contribution in [0.25, 0.3) is 0 Å². The summed E-state index contributed by atoms with van der Waals surface area (Å²) in [6.07, 6.45) is 0.344. The van der Waals surface area contributed by atoms with Crippen molar-refractivity contribution in [3.8, 4) is 0 Å². The number of nitrogens with zero attached hydrogens (tertiary/aromatic N) is 2. The maximum atomic E-state index is 12.3. The molecule has 0 aliphatic carbocycles.